The van der Waals surface area contributed by atoms with Gasteiger partial charge in [-0.2, -0.15) is 0 Å². The normalized spacial score (nSPS) is 13.3. The Balaban J connectivity index is 3.25. The number of nitrogens with two attached hydrogens (primary N) is 1. The van der Waals surface area contributed by atoms with E-state index in [2.05, 4.69) is 0 Å². The van der Waals surface area contributed by atoms with Gasteiger partial charge >= 0.3 is 0 Å². The molecule has 0 radical (unpaired) electrons. The Morgan fingerprint density at radius 3 is 2.17 bits per heavy atom. The smallest absolute Gasteiger partial charge is 0.120 e. The second-order valence-electron chi connectivity index (χ2n) is 2.89. The molecule has 72 valence electrons. The molecule has 0 rings (SSSR count). The predicted octanol–water partition coefficient (Wildman–Crippen LogP) is 0.752. The fourth-order valence-corrected chi connectivity index (χ4v) is 0.598. The molecule has 0 spiro atoms. The van der Waals surface area contributed by atoms with Gasteiger partial charge in [0, 0.05) is 0 Å². The lowest BCUT2D eigenvalue weighted by Gasteiger charge is -2.12. The molecule has 0 aromatic heterocycles. The summed E-state index contributed by atoms with van der Waals surface area (Å²) in [6.45, 7) is 6.72. The maximum atomic E-state index is 7.03. The summed E-state index contributed by atoms with van der Waals surface area (Å²) < 4.78 is 10.4. The monoisotopic (exact) mass is 174 g/mol. The van der Waals surface area contributed by atoms with E-state index < -0.39 is 0 Å². The van der Waals surface area contributed by atoms with Gasteiger partial charge in [0.15, 0.2) is 0 Å². The van der Waals surface area contributed by atoms with Gasteiger partial charge in [-0.1, -0.05) is 0 Å². The number of ether oxygens (including phenoxy) is 2. The van der Waals surface area contributed by atoms with Crippen molar-refractivity contribution in [1.82, 2.24) is 0 Å². The minimum atomic E-state index is -0.305. The standard InChI is InChI=1S/C8H18N2O2/c1-6(2)11-4-5-12-7(3)8(9)10/h6-7H,4-5H2,1-3H3,(H3,9,10). The lowest BCUT2D eigenvalue weighted by Crippen LogP contribution is -2.28. The van der Waals surface area contributed by atoms with Crippen molar-refractivity contribution in [2.45, 2.75) is 33.0 Å². The number of amidine groups is 1. The third-order valence-electron chi connectivity index (χ3n) is 1.34. The van der Waals surface area contributed by atoms with E-state index in [0.29, 0.717) is 13.2 Å². The van der Waals surface area contributed by atoms with Crippen molar-refractivity contribution in [3.05, 3.63) is 0 Å². The Morgan fingerprint density at radius 2 is 1.75 bits per heavy atom. The van der Waals surface area contributed by atoms with E-state index in [0.717, 1.165) is 0 Å². The summed E-state index contributed by atoms with van der Waals surface area (Å²) in [6.07, 6.45) is -0.0815. The molecule has 0 bridgehead atoms. The van der Waals surface area contributed by atoms with E-state index >= 15 is 0 Å². The van der Waals surface area contributed by atoms with Crippen LogP contribution in [0.2, 0.25) is 0 Å². The molecule has 1 atom stereocenters. The first kappa shape index (κ1) is 11.4. The van der Waals surface area contributed by atoms with Crippen molar-refractivity contribution in [3.8, 4) is 0 Å². The fraction of sp³-hybridized carbons (Fsp3) is 0.875. The van der Waals surface area contributed by atoms with E-state index in [1.165, 1.54) is 0 Å². The molecule has 4 nitrogen and oxygen atoms in total. The molecular weight excluding hydrogens is 156 g/mol. The zero-order valence-electron chi connectivity index (χ0n) is 7.96. The van der Waals surface area contributed by atoms with E-state index in [9.17, 15) is 0 Å². The summed E-state index contributed by atoms with van der Waals surface area (Å²) in [5.74, 6) is 0.0551. The summed E-state index contributed by atoms with van der Waals surface area (Å²) in [5, 5.41) is 7.03. The van der Waals surface area contributed by atoms with Gasteiger partial charge in [0.25, 0.3) is 0 Å². The Bertz CT molecular complexity index is 137. The zero-order chi connectivity index (χ0) is 9.56. The second kappa shape index (κ2) is 5.97. The Labute approximate surface area is 73.5 Å². The Hall–Kier alpha value is -0.610. The van der Waals surface area contributed by atoms with Crippen LogP contribution >= 0.6 is 0 Å². The molecule has 0 aromatic rings. The zero-order valence-corrected chi connectivity index (χ0v) is 7.96. The third-order valence-corrected chi connectivity index (χ3v) is 1.34. The highest BCUT2D eigenvalue weighted by atomic mass is 16.5. The molecule has 0 aliphatic carbocycles. The SMILES string of the molecule is CC(C)OCCOC(C)C(=N)N. The molecule has 0 aliphatic rings. The highest BCUT2D eigenvalue weighted by Gasteiger charge is 2.04. The summed E-state index contributed by atoms with van der Waals surface area (Å²) in [6, 6.07) is 0. The van der Waals surface area contributed by atoms with Crippen LogP contribution in [0.15, 0.2) is 0 Å². The molecule has 1 unspecified atom stereocenters. The minimum Gasteiger partial charge on any atom is -0.385 e. The molecule has 0 saturated carbocycles. The summed E-state index contributed by atoms with van der Waals surface area (Å²) in [4.78, 5) is 0. The van der Waals surface area contributed by atoms with Gasteiger partial charge in [-0.15, -0.1) is 0 Å². The molecule has 0 heterocycles. The van der Waals surface area contributed by atoms with Crippen LogP contribution in [-0.2, 0) is 9.47 Å². The molecule has 0 amide bonds. The summed E-state index contributed by atoms with van der Waals surface area (Å²) in [7, 11) is 0. The second-order valence-corrected chi connectivity index (χ2v) is 2.89. The first-order valence-electron chi connectivity index (χ1n) is 4.11. The topological polar surface area (TPSA) is 68.3 Å². The van der Waals surface area contributed by atoms with Gasteiger partial charge in [0.2, 0.25) is 0 Å². The van der Waals surface area contributed by atoms with Crippen molar-refractivity contribution < 1.29 is 9.47 Å². The molecule has 4 heteroatoms. The van der Waals surface area contributed by atoms with Crippen LogP contribution in [0.5, 0.6) is 0 Å². The fourth-order valence-electron chi connectivity index (χ4n) is 0.598. The lowest BCUT2D eigenvalue weighted by atomic mass is 10.4. The van der Waals surface area contributed by atoms with E-state index in [1.54, 1.807) is 6.92 Å². The third kappa shape index (κ3) is 6.12. The van der Waals surface area contributed by atoms with Gasteiger partial charge in [0.1, 0.15) is 11.9 Å². The van der Waals surface area contributed by atoms with Crippen molar-refractivity contribution in [2.75, 3.05) is 13.2 Å². The van der Waals surface area contributed by atoms with Gasteiger partial charge in [-0.25, -0.2) is 0 Å². The predicted molar refractivity (Wildman–Crippen MR) is 48.4 cm³/mol. The average Bonchev–Trinajstić information content (AvgIpc) is 1.97. The average molecular weight is 174 g/mol. The van der Waals surface area contributed by atoms with Gasteiger partial charge in [-0.3, -0.25) is 5.41 Å². The minimum absolute atomic E-state index is 0.0551. The van der Waals surface area contributed by atoms with E-state index in [4.69, 9.17) is 20.6 Å². The number of hydrogen-bond acceptors (Lipinski definition) is 3. The maximum Gasteiger partial charge on any atom is 0.120 e. The quantitative estimate of drug-likeness (QED) is 0.355. The summed E-state index contributed by atoms with van der Waals surface area (Å²) in [5.41, 5.74) is 5.20. The highest BCUT2D eigenvalue weighted by molar-refractivity contribution is 5.81. The van der Waals surface area contributed by atoms with Gasteiger partial charge in [0.05, 0.1) is 19.3 Å². The lowest BCUT2D eigenvalue weighted by molar-refractivity contribution is 0.0105. The molecule has 12 heavy (non-hydrogen) atoms. The van der Waals surface area contributed by atoms with Crippen molar-refractivity contribution in [1.29, 1.82) is 5.41 Å². The molecular formula is C8H18N2O2. The van der Waals surface area contributed by atoms with Crippen LogP contribution < -0.4 is 5.73 Å². The van der Waals surface area contributed by atoms with Crippen LogP contribution in [0.4, 0.5) is 0 Å². The highest BCUT2D eigenvalue weighted by Crippen LogP contribution is 1.91. The van der Waals surface area contributed by atoms with Crippen molar-refractivity contribution in [3.63, 3.8) is 0 Å². The molecule has 0 aliphatic heterocycles. The van der Waals surface area contributed by atoms with Crippen LogP contribution in [0, 0.1) is 5.41 Å². The van der Waals surface area contributed by atoms with Crippen LogP contribution in [0.25, 0.3) is 0 Å². The molecule has 0 fully saturated rings. The van der Waals surface area contributed by atoms with E-state index in [1.807, 2.05) is 13.8 Å². The van der Waals surface area contributed by atoms with E-state index in [-0.39, 0.29) is 18.0 Å². The Kier molecular flexibility index (Phi) is 5.66. The Morgan fingerprint density at radius 1 is 1.25 bits per heavy atom. The van der Waals surface area contributed by atoms with Crippen molar-refractivity contribution >= 4 is 5.84 Å². The number of rotatable bonds is 6. The first-order chi connectivity index (χ1) is 5.54. The van der Waals surface area contributed by atoms with Crippen LogP contribution in [-0.4, -0.2) is 31.3 Å². The molecule has 3 N–H and O–H groups in total. The molecule has 0 aromatic carbocycles. The van der Waals surface area contributed by atoms with Gasteiger partial charge in [-0.05, 0) is 20.8 Å². The van der Waals surface area contributed by atoms with Crippen LogP contribution in [0.1, 0.15) is 20.8 Å². The largest absolute Gasteiger partial charge is 0.385 e. The number of hydrogen-bond donors (Lipinski definition) is 2. The first-order valence-corrected chi connectivity index (χ1v) is 4.11. The molecule has 0 saturated heterocycles. The maximum absolute atomic E-state index is 7.03. The summed E-state index contributed by atoms with van der Waals surface area (Å²) >= 11 is 0. The van der Waals surface area contributed by atoms with Crippen molar-refractivity contribution in [2.24, 2.45) is 5.73 Å². The van der Waals surface area contributed by atoms with Crippen LogP contribution in [0.3, 0.4) is 0 Å². The number of nitrogens with one attached hydrogen (secondary N) is 1. The van der Waals surface area contributed by atoms with Gasteiger partial charge < -0.3 is 15.2 Å².